The highest BCUT2D eigenvalue weighted by molar-refractivity contribution is 5.94. The molecule has 1 aliphatic carbocycles. The number of nitriles is 1. The third-order valence-electron chi connectivity index (χ3n) is 6.21. The highest BCUT2D eigenvalue weighted by Crippen LogP contribution is 2.38. The van der Waals surface area contributed by atoms with Crippen LogP contribution in [0.5, 0.6) is 0 Å². The molecule has 1 aliphatic heterocycles. The maximum absolute atomic E-state index is 8.99. The second-order valence-corrected chi connectivity index (χ2v) is 8.07. The van der Waals surface area contributed by atoms with Crippen LogP contribution in [0.1, 0.15) is 46.2 Å². The summed E-state index contributed by atoms with van der Waals surface area (Å²) in [6, 6.07) is 27.7. The molecule has 0 unspecified atom stereocenters. The number of nitrogens with zero attached hydrogens (tertiary/aromatic N) is 2. The molecule has 2 heteroatoms. The summed E-state index contributed by atoms with van der Waals surface area (Å²) in [5, 5.41) is 8.99. The lowest BCUT2D eigenvalue weighted by atomic mass is 9.86. The molecular weight excluding hydrogens is 364 g/mol. The standard InChI is InChI=1S/C28H24N2/c29-19-21-9-11-22(12-10-21)20-30-17-15-25(16-18-30)28-26-7-3-1-5-23(26)13-14-24-6-2-4-8-27(24)28/h1-14H,15-18,20H2. The summed E-state index contributed by atoms with van der Waals surface area (Å²) in [7, 11) is 0. The Morgan fingerprint density at radius 2 is 1.30 bits per heavy atom. The molecule has 0 N–H and O–H groups in total. The summed E-state index contributed by atoms with van der Waals surface area (Å²) in [5.41, 5.74) is 10.3. The molecular formula is C28H24N2. The third kappa shape index (κ3) is 3.61. The van der Waals surface area contributed by atoms with E-state index in [9.17, 15) is 0 Å². The molecule has 2 nitrogen and oxygen atoms in total. The second kappa shape index (κ2) is 8.14. The molecule has 0 aromatic heterocycles. The third-order valence-corrected chi connectivity index (χ3v) is 6.21. The van der Waals surface area contributed by atoms with Crippen molar-refractivity contribution in [2.75, 3.05) is 13.1 Å². The van der Waals surface area contributed by atoms with Crippen molar-refractivity contribution in [3.63, 3.8) is 0 Å². The van der Waals surface area contributed by atoms with Gasteiger partial charge in [-0.25, -0.2) is 0 Å². The first kappa shape index (κ1) is 18.6. The van der Waals surface area contributed by atoms with Gasteiger partial charge in [-0.05, 0) is 58.4 Å². The Balaban J connectivity index is 1.43. The first-order valence-electron chi connectivity index (χ1n) is 10.6. The van der Waals surface area contributed by atoms with E-state index in [1.54, 1.807) is 5.57 Å². The number of rotatable bonds is 2. The highest BCUT2D eigenvalue weighted by Gasteiger charge is 2.22. The van der Waals surface area contributed by atoms with Crippen LogP contribution in [0.25, 0.3) is 17.7 Å². The number of fused-ring (bicyclic) bond motifs is 2. The number of hydrogen-bond acceptors (Lipinski definition) is 2. The Morgan fingerprint density at radius 3 is 1.87 bits per heavy atom. The Labute approximate surface area is 178 Å². The maximum atomic E-state index is 8.99. The summed E-state index contributed by atoms with van der Waals surface area (Å²) >= 11 is 0. The van der Waals surface area contributed by atoms with Crippen LogP contribution in [-0.2, 0) is 6.54 Å². The minimum absolute atomic E-state index is 0.726. The summed E-state index contributed by atoms with van der Waals surface area (Å²) in [6.07, 6.45) is 6.69. The SMILES string of the molecule is N#Cc1ccc(CN2CCC(=C3c4ccccc4C=Cc4ccccc43)CC2)cc1. The molecule has 0 atom stereocenters. The number of piperidine rings is 1. The second-order valence-electron chi connectivity index (χ2n) is 8.07. The fourth-order valence-electron chi connectivity index (χ4n) is 4.62. The van der Waals surface area contributed by atoms with Gasteiger partial charge >= 0.3 is 0 Å². The largest absolute Gasteiger partial charge is 0.298 e. The van der Waals surface area contributed by atoms with Crippen LogP contribution in [-0.4, -0.2) is 18.0 Å². The fraction of sp³-hybridized carbons (Fsp3) is 0.179. The molecule has 3 aromatic carbocycles. The van der Waals surface area contributed by atoms with Gasteiger partial charge in [0.25, 0.3) is 0 Å². The minimum atomic E-state index is 0.726. The van der Waals surface area contributed by atoms with Crippen LogP contribution < -0.4 is 0 Å². The maximum Gasteiger partial charge on any atom is 0.0991 e. The molecule has 0 amide bonds. The van der Waals surface area contributed by atoms with Gasteiger partial charge in [-0.15, -0.1) is 0 Å². The van der Waals surface area contributed by atoms with Crippen molar-refractivity contribution in [1.29, 1.82) is 5.26 Å². The van der Waals surface area contributed by atoms with Gasteiger partial charge < -0.3 is 0 Å². The molecule has 0 saturated carbocycles. The fourth-order valence-corrected chi connectivity index (χ4v) is 4.62. The minimum Gasteiger partial charge on any atom is -0.298 e. The van der Waals surface area contributed by atoms with Crippen LogP contribution in [0.2, 0.25) is 0 Å². The lowest BCUT2D eigenvalue weighted by Gasteiger charge is -2.30. The van der Waals surface area contributed by atoms with Crippen molar-refractivity contribution >= 4 is 17.7 Å². The van der Waals surface area contributed by atoms with E-state index in [-0.39, 0.29) is 0 Å². The van der Waals surface area contributed by atoms with E-state index in [0.29, 0.717) is 0 Å². The first-order chi connectivity index (χ1) is 14.8. The van der Waals surface area contributed by atoms with Crippen LogP contribution >= 0.6 is 0 Å². The zero-order valence-corrected chi connectivity index (χ0v) is 17.0. The Kier molecular flexibility index (Phi) is 5.05. The summed E-state index contributed by atoms with van der Waals surface area (Å²) in [5.74, 6) is 0. The van der Waals surface area contributed by atoms with Crippen molar-refractivity contribution < 1.29 is 0 Å². The van der Waals surface area contributed by atoms with Gasteiger partial charge in [0.15, 0.2) is 0 Å². The van der Waals surface area contributed by atoms with Crippen molar-refractivity contribution in [2.24, 2.45) is 0 Å². The number of benzene rings is 3. The molecule has 5 rings (SSSR count). The Morgan fingerprint density at radius 1 is 0.733 bits per heavy atom. The van der Waals surface area contributed by atoms with Gasteiger partial charge in [-0.1, -0.05) is 78.4 Å². The average molecular weight is 389 g/mol. The Bertz CT molecular complexity index is 1110. The van der Waals surface area contributed by atoms with Crippen molar-refractivity contribution in [1.82, 2.24) is 4.90 Å². The van der Waals surface area contributed by atoms with E-state index in [0.717, 1.165) is 38.0 Å². The van der Waals surface area contributed by atoms with E-state index in [1.165, 1.54) is 33.4 Å². The molecule has 30 heavy (non-hydrogen) atoms. The van der Waals surface area contributed by atoms with Gasteiger partial charge in [0, 0.05) is 19.6 Å². The van der Waals surface area contributed by atoms with Gasteiger partial charge in [-0.2, -0.15) is 5.26 Å². The molecule has 0 spiro atoms. The smallest absolute Gasteiger partial charge is 0.0991 e. The Hall–Kier alpha value is -3.41. The lowest BCUT2D eigenvalue weighted by molar-refractivity contribution is 0.248. The van der Waals surface area contributed by atoms with Crippen LogP contribution in [0.3, 0.4) is 0 Å². The number of hydrogen-bond donors (Lipinski definition) is 0. The molecule has 0 radical (unpaired) electrons. The van der Waals surface area contributed by atoms with Gasteiger partial charge in [-0.3, -0.25) is 4.90 Å². The topological polar surface area (TPSA) is 27.0 Å². The summed E-state index contributed by atoms with van der Waals surface area (Å²) in [6.45, 7) is 3.08. The van der Waals surface area contributed by atoms with Gasteiger partial charge in [0.1, 0.15) is 0 Å². The highest BCUT2D eigenvalue weighted by atomic mass is 15.1. The average Bonchev–Trinajstić information content (AvgIpc) is 2.97. The van der Waals surface area contributed by atoms with Crippen LogP contribution in [0, 0.1) is 11.3 Å². The zero-order chi connectivity index (χ0) is 20.3. The van der Waals surface area contributed by atoms with Crippen molar-refractivity contribution in [2.45, 2.75) is 19.4 Å². The lowest BCUT2D eigenvalue weighted by Crippen LogP contribution is -2.30. The number of likely N-dealkylation sites (tertiary alicyclic amines) is 1. The molecule has 146 valence electrons. The molecule has 0 bridgehead atoms. The normalized spacial score (nSPS) is 15.8. The van der Waals surface area contributed by atoms with E-state index < -0.39 is 0 Å². The van der Waals surface area contributed by atoms with Gasteiger partial charge in [0.2, 0.25) is 0 Å². The van der Waals surface area contributed by atoms with Crippen molar-refractivity contribution in [3.05, 3.63) is 112 Å². The molecule has 1 heterocycles. The summed E-state index contributed by atoms with van der Waals surface area (Å²) in [4.78, 5) is 2.53. The monoisotopic (exact) mass is 388 g/mol. The predicted molar refractivity (Wildman–Crippen MR) is 124 cm³/mol. The zero-order valence-electron chi connectivity index (χ0n) is 17.0. The quantitative estimate of drug-likeness (QED) is 0.412. The molecule has 2 aliphatic rings. The molecule has 1 fully saturated rings. The van der Waals surface area contributed by atoms with Crippen LogP contribution in [0.4, 0.5) is 0 Å². The molecule has 3 aromatic rings. The van der Waals surface area contributed by atoms with E-state index in [2.05, 4.69) is 83.8 Å². The first-order valence-corrected chi connectivity index (χ1v) is 10.6. The van der Waals surface area contributed by atoms with E-state index >= 15 is 0 Å². The predicted octanol–water partition coefficient (Wildman–Crippen LogP) is 6.14. The molecule has 1 saturated heterocycles. The van der Waals surface area contributed by atoms with E-state index in [4.69, 9.17) is 5.26 Å². The van der Waals surface area contributed by atoms with E-state index in [1.807, 2.05) is 12.1 Å². The van der Waals surface area contributed by atoms with Crippen LogP contribution in [0.15, 0.2) is 78.4 Å². The van der Waals surface area contributed by atoms with Crippen molar-refractivity contribution in [3.8, 4) is 6.07 Å². The van der Waals surface area contributed by atoms with Gasteiger partial charge in [0.05, 0.1) is 11.6 Å². The summed E-state index contributed by atoms with van der Waals surface area (Å²) < 4.78 is 0.